The molecule has 1 aliphatic rings. The molecule has 7 nitrogen and oxygen atoms in total. The maximum absolute atomic E-state index is 12.0. The number of carbonyl (C=O) groups excluding carboxylic acids is 1. The number of rotatable bonds is 10. The molecular formula is C20H31N5O2. The molecule has 0 radical (unpaired) electrons. The molecule has 1 heterocycles. The predicted octanol–water partition coefficient (Wildman–Crippen LogP) is 2.05. The van der Waals surface area contributed by atoms with Crippen molar-refractivity contribution in [2.24, 2.45) is 21.7 Å². The molecule has 0 fully saturated rings. The molecule has 0 aromatic rings. The third-order valence-electron chi connectivity index (χ3n) is 3.60. The summed E-state index contributed by atoms with van der Waals surface area (Å²) in [5.41, 5.74) is 12.0. The van der Waals surface area contributed by atoms with Gasteiger partial charge >= 0.3 is 5.97 Å². The highest BCUT2D eigenvalue weighted by Gasteiger charge is 2.23. The summed E-state index contributed by atoms with van der Waals surface area (Å²) < 4.78 is 5.04. The van der Waals surface area contributed by atoms with Crippen LogP contribution in [0.5, 0.6) is 0 Å². The Morgan fingerprint density at radius 1 is 1.52 bits per heavy atom. The monoisotopic (exact) mass is 373 g/mol. The van der Waals surface area contributed by atoms with Crippen molar-refractivity contribution < 1.29 is 9.53 Å². The van der Waals surface area contributed by atoms with Crippen molar-refractivity contribution in [2.45, 2.75) is 33.7 Å². The van der Waals surface area contributed by atoms with Crippen LogP contribution in [0.1, 0.15) is 27.7 Å². The van der Waals surface area contributed by atoms with Crippen molar-refractivity contribution in [3.05, 3.63) is 47.9 Å². The second kappa shape index (κ2) is 11.9. The molecule has 0 spiro atoms. The lowest BCUT2D eigenvalue weighted by Gasteiger charge is -2.17. The Hall–Kier alpha value is -2.67. The molecule has 0 amide bonds. The number of ether oxygens (including phenoxy) is 1. The van der Waals surface area contributed by atoms with E-state index in [1.165, 1.54) is 11.8 Å². The Morgan fingerprint density at radius 2 is 2.26 bits per heavy atom. The van der Waals surface area contributed by atoms with Crippen LogP contribution < -0.4 is 16.5 Å². The molecule has 0 saturated carbocycles. The Kier molecular flexibility index (Phi) is 9.82. The number of nitrogens with two attached hydrogens (primary N) is 1. The van der Waals surface area contributed by atoms with Crippen LogP contribution in [0.15, 0.2) is 57.9 Å². The standard InChI is InChI=1S/C20H31N5O2/c1-6-27-20(26)19-17(18(21)7-8-23-19)13-22-11-15(4)9-16(5)12-25-24-10-14(2)3/h7-10,13,16,18,22,25H,2,6,11-12,21H2,1,3-5H3/b15-9+,17-13+,24-10-. The number of hydrazone groups is 1. The summed E-state index contributed by atoms with van der Waals surface area (Å²) in [5, 5.41) is 7.29. The van der Waals surface area contributed by atoms with Crippen LogP contribution in [-0.2, 0) is 9.53 Å². The molecule has 0 aromatic heterocycles. The van der Waals surface area contributed by atoms with E-state index in [2.05, 4.69) is 40.4 Å². The smallest absolute Gasteiger partial charge is 0.357 e. The molecule has 7 heteroatoms. The van der Waals surface area contributed by atoms with Crippen molar-refractivity contribution in [1.82, 2.24) is 10.7 Å². The number of allylic oxidation sites excluding steroid dienone is 1. The second-order valence-electron chi connectivity index (χ2n) is 6.50. The summed E-state index contributed by atoms with van der Waals surface area (Å²) in [4.78, 5) is 16.1. The molecule has 0 aliphatic carbocycles. The van der Waals surface area contributed by atoms with Gasteiger partial charge in [-0.15, -0.1) is 0 Å². The molecule has 2 unspecified atom stereocenters. The zero-order valence-electron chi connectivity index (χ0n) is 16.7. The van der Waals surface area contributed by atoms with Gasteiger partial charge < -0.3 is 21.2 Å². The maximum Gasteiger partial charge on any atom is 0.357 e. The van der Waals surface area contributed by atoms with Crippen molar-refractivity contribution in [2.75, 3.05) is 19.7 Å². The maximum atomic E-state index is 12.0. The Labute approximate surface area is 161 Å². The molecule has 1 aliphatic heterocycles. The molecular weight excluding hydrogens is 342 g/mol. The molecule has 148 valence electrons. The van der Waals surface area contributed by atoms with Crippen LogP contribution in [0, 0.1) is 5.92 Å². The second-order valence-corrected chi connectivity index (χ2v) is 6.50. The summed E-state index contributed by atoms with van der Waals surface area (Å²) >= 11 is 0. The first kappa shape index (κ1) is 22.4. The summed E-state index contributed by atoms with van der Waals surface area (Å²) in [6, 6.07) is -0.395. The molecule has 0 bridgehead atoms. The average Bonchev–Trinajstić information content (AvgIpc) is 2.60. The fraction of sp³-hybridized carbons (Fsp3) is 0.450. The quantitative estimate of drug-likeness (QED) is 0.235. The minimum absolute atomic E-state index is 0.244. The van der Waals surface area contributed by atoms with Gasteiger partial charge in [0.15, 0.2) is 5.71 Å². The van der Waals surface area contributed by atoms with Gasteiger partial charge in [-0.1, -0.05) is 25.2 Å². The Morgan fingerprint density at radius 3 is 2.93 bits per heavy atom. The first-order chi connectivity index (χ1) is 12.8. The molecule has 0 aromatic carbocycles. The molecule has 2 atom stereocenters. The largest absolute Gasteiger partial charge is 0.461 e. The van der Waals surface area contributed by atoms with Crippen LogP contribution in [0.4, 0.5) is 0 Å². The van der Waals surface area contributed by atoms with Crippen LogP contribution in [0.2, 0.25) is 0 Å². The average molecular weight is 374 g/mol. The predicted molar refractivity (Wildman–Crippen MR) is 111 cm³/mol. The molecule has 0 saturated heterocycles. The Bertz CT molecular complexity index is 674. The summed E-state index contributed by atoms with van der Waals surface area (Å²) in [6.45, 7) is 13.2. The van der Waals surface area contributed by atoms with E-state index < -0.39 is 12.0 Å². The van der Waals surface area contributed by atoms with E-state index >= 15 is 0 Å². The normalized spacial score (nSPS) is 19.7. The SMILES string of the molecule is C=C(C)/C=N\NCC(C)/C=C(\C)CN/C=C1/C(C(=O)OCC)=NC=CC1N. The number of nitrogens with zero attached hydrogens (tertiary/aromatic N) is 2. The van der Waals surface area contributed by atoms with Crippen LogP contribution in [0.25, 0.3) is 0 Å². The van der Waals surface area contributed by atoms with Crippen LogP contribution >= 0.6 is 0 Å². The minimum Gasteiger partial charge on any atom is -0.461 e. The number of hydrogen-bond donors (Lipinski definition) is 3. The zero-order chi connectivity index (χ0) is 20.2. The summed E-state index contributed by atoms with van der Waals surface area (Å²) in [6.07, 6.45) is 8.86. The van der Waals surface area contributed by atoms with Crippen molar-refractivity contribution >= 4 is 17.9 Å². The van der Waals surface area contributed by atoms with Crippen molar-refractivity contribution in [1.29, 1.82) is 0 Å². The lowest BCUT2D eigenvalue weighted by molar-refractivity contribution is -0.135. The van der Waals surface area contributed by atoms with Crippen LogP contribution in [-0.4, -0.2) is 43.6 Å². The number of aliphatic imine (C=N–C) groups is 1. The van der Waals surface area contributed by atoms with E-state index in [4.69, 9.17) is 10.5 Å². The van der Waals surface area contributed by atoms with E-state index in [9.17, 15) is 4.79 Å². The van der Waals surface area contributed by atoms with Gasteiger partial charge in [0.25, 0.3) is 0 Å². The third kappa shape index (κ3) is 8.50. The van der Waals surface area contributed by atoms with E-state index in [1.54, 1.807) is 25.4 Å². The van der Waals surface area contributed by atoms with Gasteiger partial charge in [-0.3, -0.25) is 0 Å². The highest BCUT2D eigenvalue weighted by Crippen LogP contribution is 2.12. The number of esters is 1. The number of hydrogen-bond acceptors (Lipinski definition) is 7. The van der Waals surface area contributed by atoms with E-state index in [0.29, 0.717) is 24.6 Å². The van der Waals surface area contributed by atoms with Gasteiger partial charge in [-0.2, -0.15) is 5.10 Å². The lowest BCUT2D eigenvalue weighted by Crippen LogP contribution is -2.34. The fourth-order valence-corrected chi connectivity index (χ4v) is 2.36. The van der Waals surface area contributed by atoms with E-state index in [1.807, 2.05) is 13.8 Å². The summed E-state index contributed by atoms with van der Waals surface area (Å²) in [7, 11) is 0. The zero-order valence-corrected chi connectivity index (χ0v) is 16.7. The van der Waals surface area contributed by atoms with Gasteiger partial charge in [0.2, 0.25) is 0 Å². The van der Waals surface area contributed by atoms with Crippen molar-refractivity contribution in [3.8, 4) is 0 Å². The summed E-state index contributed by atoms with van der Waals surface area (Å²) in [5.74, 6) is -0.147. The van der Waals surface area contributed by atoms with Gasteiger partial charge in [-0.25, -0.2) is 9.79 Å². The first-order valence-electron chi connectivity index (χ1n) is 9.04. The molecule has 1 rings (SSSR count). The van der Waals surface area contributed by atoms with Crippen LogP contribution in [0.3, 0.4) is 0 Å². The van der Waals surface area contributed by atoms with Gasteiger partial charge in [0.05, 0.1) is 12.6 Å². The number of carbonyl (C=O) groups is 1. The van der Waals surface area contributed by atoms with Gasteiger partial charge in [0.1, 0.15) is 0 Å². The topological polar surface area (TPSA) is 101 Å². The highest BCUT2D eigenvalue weighted by molar-refractivity contribution is 6.44. The minimum atomic E-state index is -0.465. The highest BCUT2D eigenvalue weighted by atomic mass is 16.5. The first-order valence-corrected chi connectivity index (χ1v) is 9.04. The fourth-order valence-electron chi connectivity index (χ4n) is 2.36. The molecule has 4 N–H and O–H groups in total. The van der Waals surface area contributed by atoms with Gasteiger partial charge in [0, 0.05) is 37.3 Å². The molecule has 27 heavy (non-hydrogen) atoms. The van der Waals surface area contributed by atoms with Gasteiger partial charge in [-0.05, 0) is 38.3 Å². The van der Waals surface area contributed by atoms with Crippen molar-refractivity contribution in [3.63, 3.8) is 0 Å². The third-order valence-corrected chi connectivity index (χ3v) is 3.60. The van der Waals surface area contributed by atoms with E-state index in [0.717, 1.165) is 12.1 Å². The van der Waals surface area contributed by atoms with E-state index in [-0.39, 0.29) is 5.71 Å². The number of nitrogens with one attached hydrogen (secondary N) is 2. The Balaban J connectivity index is 2.59. The lowest BCUT2D eigenvalue weighted by atomic mass is 10.0.